The Bertz CT molecular complexity index is 1020. The first-order chi connectivity index (χ1) is 13.2. The zero-order chi connectivity index (χ0) is 20.7. The summed E-state index contributed by atoms with van der Waals surface area (Å²) in [6.45, 7) is 1.80. The molecule has 0 amide bonds. The normalized spacial score (nSPS) is 12.3. The van der Waals surface area contributed by atoms with Gasteiger partial charge >= 0.3 is 0 Å². The average Bonchev–Trinajstić information content (AvgIpc) is 2.64. The molecule has 28 heavy (non-hydrogen) atoms. The lowest BCUT2D eigenvalue weighted by atomic mass is 10.1. The van der Waals surface area contributed by atoms with Gasteiger partial charge in [-0.25, -0.2) is 8.42 Å². The Kier molecular flexibility index (Phi) is 7.56. The van der Waals surface area contributed by atoms with Crippen molar-refractivity contribution in [2.24, 2.45) is 5.16 Å². The van der Waals surface area contributed by atoms with Gasteiger partial charge in [0.2, 0.25) is 0 Å². The van der Waals surface area contributed by atoms with Gasteiger partial charge in [-0.2, -0.15) is 0 Å². The molecule has 0 aliphatic heterocycles. The number of nitrogens with zero attached hydrogens (tertiary/aromatic N) is 2. The van der Waals surface area contributed by atoms with Gasteiger partial charge in [0.25, 0.3) is 5.69 Å². The predicted octanol–water partition coefficient (Wildman–Crippen LogP) is 4.72. The second-order valence-corrected chi connectivity index (χ2v) is 8.33. The summed E-state index contributed by atoms with van der Waals surface area (Å²) >= 11 is 11.2. The maximum Gasteiger partial charge on any atom is 0.273 e. The first kappa shape index (κ1) is 21.9. The van der Waals surface area contributed by atoms with Crippen LogP contribution in [0.4, 0.5) is 5.69 Å². The van der Waals surface area contributed by atoms with Gasteiger partial charge in [-0.3, -0.25) is 10.1 Å². The molecule has 0 heterocycles. The lowest BCUT2D eigenvalue weighted by Crippen LogP contribution is -2.08. The summed E-state index contributed by atoms with van der Waals surface area (Å²) < 4.78 is 25.3. The van der Waals surface area contributed by atoms with Crippen molar-refractivity contribution >= 4 is 44.4 Å². The van der Waals surface area contributed by atoms with Gasteiger partial charge in [-0.15, -0.1) is 0 Å². The Morgan fingerprint density at radius 3 is 2.54 bits per heavy atom. The molecule has 0 N–H and O–H groups in total. The van der Waals surface area contributed by atoms with Crippen molar-refractivity contribution in [3.8, 4) is 0 Å². The molecule has 0 spiro atoms. The number of hydrogen-bond acceptors (Lipinski definition) is 6. The van der Waals surface area contributed by atoms with E-state index in [9.17, 15) is 18.5 Å². The highest BCUT2D eigenvalue weighted by Crippen LogP contribution is 2.26. The van der Waals surface area contributed by atoms with Crippen LogP contribution in [0.25, 0.3) is 0 Å². The minimum Gasteiger partial charge on any atom is -0.391 e. The van der Waals surface area contributed by atoms with Crippen LogP contribution >= 0.6 is 23.2 Å². The number of halogens is 2. The molecule has 0 radical (unpaired) electrons. The number of rotatable bonds is 8. The molecule has 0 unspecified atom stereocenters. The predicted molar refractivity (Wildman–Crippen MR) is 109 cm³/mol. The monoisotopic (exact) mass is 442 g/mol. The molecule has 0 bridgehead atoms. The van der Waals surface area contributed by atoms with Crippen molar-refractivity contribution < 1.29 is 18.2 Å². The first-order valence-electron chi connectivity index (χ1n) is 7.92. The number of nitro groups is 1. The van der Waals surface area contributed by atoms with Crippen LogP contribution < -0.4 is 0 Å². The Balaban J connectivity index is 2.38. The molecule has 2 aromatic carbocycles. The number of oxime groups is 1. The molecule has 0 atom stereocenters. The topological polar surface area (TPSA) is 98.9 Å². The third kappa shape index (κ3) is 5.79. The lowest BCUT2D eigenvalue weighted by Gasteiger charge is -2.08. The smallest absolute Gasteiger partial charge is 0.273 e. The summed E-state index contributed by atoms with van der Waals surface area (Å²) in [5.74, 6) is -0.540. The van der Waals surface area contributed by atoms with Gasteiger partial charge in [-0.05, 0) is 55.0 Å². The maximum atomic E-state index is 12.7. The second-order valence-electron chi connectivity index (χ2n) is 5.65. The van der Waals surface area contributed by atoms with Crippen molar-refractivity contribution in [2.75, 3.05) is 6.61 Å². The maximum absolute atomic E-state index is 12.7. The van der Waals surface area contributed by atoms with E-state index in [1.807, 2.05) is 0 Å². The summed E-state index contributed by atoms with van der Waals surface area (Å²) in [5.41, 5.74) is 1.98. The quantitative estimate of drug-likeness (QED) is 0.255. The molecule has 0 saturated carbocycles. The molecule has 10 heteroatoms. The number of benzene rings is 2. The molecule has 0 saturated heterocycles. The van der Waals surface area contributed by atoms with E-state index >= 15 is 0 Å². The van der Waals surface area contributed by atoms with Crippen LogP contribution in [0, 0.1) is 10.1 Å². The van der Waals surface area contributed by atoms with Crippen molar-refractivity contribution in [3.05, 3.63) is 80.3 Å². The summed E-state index contributed by atoms with van der Waals surface area (Å²) in [6.07, 6.45) is 1.54. The van der Waals surface area contributed by atoms with Crippen LogP contribution in [0.15, 0.2) is 64.1 Å². The van der Waals surface area contributed by atoms with Crippen molar-refractivity contribution in [1.82, 2.24) is 0 Å². The molecule has 2 rings (SSSR count). The molecule has 2 aromatic rings. The van der Waals surface area contributed by atoms with E-state index in [0.29, 0.717) is 16.3 Å². The van der Waals surface area contributed by atoms with E-state index in [-0.39, 0.29) is 22.8 Å². The highest BCUT2D eigenvalue weighted by atomic mass is 35.5. The van der Waals surface area contributed by atoms with Crippen molar-refractivity contribution in [2.45, 2.75) is 17.6 Å². The van der Waals surface area contributed by atoms with Gasteiger partial charge in [0, 0.05) is 22.2 Å². The van der Waals surface area contributed by atoms with E-state index in [0.717, 1.165) is 0 Å². The largest absolute Gasteiger partial charge is 0.391 e. The highest BCUT2D eigenvalue weighted by molar-refractivity contribution is 7.90. The second kappa shape index (κ2) is 9.68. The van der Waals surface area contributed by atoms with Gasteiger partial charge in [0.05, 0.1) is 21.3 Å². The third-order valence-corrected chi connectivity index (χ3v) is 5.79. The van der Waals surface area contributed by atoms with Crippen LogP contribution in [0.3, 0.4) is 0 Å². The summed E-state index contributed by atoms with van der Waals surface area (Å²) in [5, 5.41) is 15.6. The van der Waals surface area contributed by atoms with E-state index in [4.69, 9.17) is 28.0 Å². The summed E-state index contributed by atoms with van der Waals surface area (Å²) in [7, 11) is -3.81. The van der Waals surface area contributed by atoms with Gasteiger partial charge in [-0.1, -0.05) is 28.4 Å². The fourth-order valence-electron chi connectivity index (χ4n) is 2.30. The Labute approximate surface area is 172 Å². The molecular formula is C18H16Cl2N2O5S. The van der Waals surface area contributed by atoms with E-state index in [2.05, 4.69) is 5.16 Å². The first-order valence-corrected chi connectivity index (χ1v) is 10.4. The summed E-state index contributed by atoms with van der Waals surface area (Å²) in [6, 6.07) is 9.77. The van der Waals surface area contributed by atoms with Crippen LogP contribution in [0.5, 0.6) is 0 Å². The minimum atomic E-state index is -3.81. The van der Waals surface area contributed by atoms with Gasteiger partial charge in [0.1, 0.15) is 6.61 Å². The molecule has 0 aromatic heterocycles. The molecular weight excluding hydrogens is 427 g/mol. The zero-order valence-electron chi connectivity index (χ0n) is 14.7. The fraction of sp³-hybridized carbons (Fsp3) is 0.167. The van der Waals surface area contributed by atoms with Crippen molar-refractivity contribution in [1.29, 1.82) is 0 Å². The van der Waals surface area contributed by atoms with Crippen LogP contribution in [-0.4, -0.2) is 25.7 Å². The fourth-order valence-corrected chi connectivity index (χ4v) is 3.86. The van der Waals surface area contributed by atoms with Crippen LogP contribution in [0.2, 0.25) is 5.02 Å². The van der Waals surface area contributed by atoms with Crippen LogP contribution in [0.1, 0.15) is 18.1 Å². The number of hydrogen-bond donors (Lipinski definition) is 0. The SMILES string of the molecule is C/C(=N\OC/C=C/Cl)c1ccc([N+](=O)[O-])c(CS(=O)(=O)c2ccc(Cl)cc2)c1. The van der Waals surface area contributed by atoms with Gasteiger partial charge in [0.15, 0.2) is 9.84 Å². The Hall–Kier alpha value is -2.42. The van der Waals surface area contributed by atoms with E-state index < -0.39 is 20.5 Å². The zero-order valence-corrected chi connectivity index (χ0v) is 17.0. The molecule has 0 aliphatic carbocycles. The Morgan fingerprint density at radius 2 is 1.93 bits per heavy atom. The number of nitro benzene ring substituents is 1. The lowest BCUT2D eigenvalue weighted by molar-refractivity contribution is -0.385. The Morgan fingerprint density at radius 1 is 1.25 bits per heavy atom. The molecule has 7 nitrogen and oxygen atoms in total. The minimum absolute atomic E-state index is 0.0261. The highest BCUT2D eigenvalue weighted by Gasteiger charge is 2.23. The van der Waals surface area contributed by atoms with E-state index in [1.165, 1.54) is 54.1 Å². The standard InChI is InChI=1S/C18H16Cl2N2O5S/c1-13(21-27-10-2-9-19)14-3-8-18(22(23)24)15(11-14)12-28(25,26)17-6-4-16(20)5-7-17/h2-9,11H,10,12H2,1H3/b9-2+,21-13+. The third-order valence-electron chi connectivity index (χ3n) is 3.67. The molecule has 0 fully saturated rings. The summed E-state index contributed by atoms with van der Waals surface area (Å²) in [4.78, 5) is 15.8. The number of sulfone groups is 1. The average molecular weight is 443 g/mol. The molecule has 148 valence electrons. The molecule has 0 aliphatic rings. The van der Waals surface area contributed by atoms with E-state index in [1.54, 1.807) is 6.92 Å². The van der Waals surface area contributed by atoms with Crippen molar-refractivity contribution in [3.63, 3.8) is 0 Å². The van der Waals surface area contributed by atoms with Gasteiger partial charge < -0.3 is 4.84 Å². The van der Waals surface area contributed by atoms with Crippen LogP contribution in [-0.2, 0) is 20.4 Å².